The second-order valence-electron chi connectivity index (χ2n) is 4.39. The zero-order valence-electron chi connectivity index (χ0n) is 13.5. The summed E-state index contributed by atoms with van der Waals surface area (Å²) in [6, 6.07) is 7.53. The van der Waals surface area contributed by atoms with E-state index in [1.807, 2.05) is 24.3 Å². The van der Waals surface area contributed by atoms with Crippen LogP contribution in [0, 0.1) is 29.1 Å². The fraction of sp³-hybridized carbons (Fsp3) is 0.188. The number of ether oxygens (including phenoxy) is 3. The molecule has 142 valence electrons. The van der Waals surface area contributed by atoms with E-state index in [0.29, 0.717) is 0 Å². The standard InChI is InChI=1S/C8H3F5O2S.C8H10O2/c9-3-4(10)6(12)8(7(13)5(3)11)15-2(14)1-16;1-9-7-5-3-4-6-8(7)10-2/h16H,1H2;3-6H,1-2H3. The van der Waals surface area contributed by atoms with E-state index in [9.17, 15) is 26.7 Å². The summed E-state index contributed by atoms with van der Waals surface area (Å²) in [7, 11) is 3.25. The summed E-state index contributed by atoms with van der Waals surface area (Å²) in [6.45, 7) is 0. The molecule has 26 heavy (non-hydrogen) atoms. The number of methoxy groups -OCH3 is 2. The molecule has 0 heterocycles. The maximum absolute atomic E-state index is 12.9. The lowest BCUT2D eigenvalue weighted by molar-refractivity contribution is -0.131. The number of carbonyl (C=O) groups is 1. The molecular weight excluding hydrogens is 383 g/mol. The fourth-order valence-electron chi connectivity index (χ4n) is 1.61. The highest BCUT2D eigenvalue weighted by molar-refractivity contribution is 7.81. The second kappa shape index (κ2) is 9.85. The third-order valence-electron chi connectivity index (χ3n) is 2.80. The molecule has 0 aliphatic rings. The van der Waals surface area contributed by atoms with Crippen LogP contribution in [0.1, 0.15) is 0 Å². The van der Waals surface area contributed by atoms with Gasteiger partial charge < -0.3 is 14.2 Å². The van der Waals surface area contributed by atoms with Crippen LogP contribution in [0.2, 0.25) is 0 Å². The van der Waals surface area contributed by atoms with Crippen LogP contribution in [0.4, 0.5) is 22.0 Å². The summed E-state index contributed by atoms with van der Waals surface area (Å²) < 4.78 is 77.4. The Hall–Kier alpha value is -2.49. The summed E-state index contributed by atoms with van der Waals surface area (Å²) in [5, 5.41) is 0. The van der Waals surface area contributed by atoms with E-state index in [0.717, 1.165) is 11.5 Å². The van der Waals surface area contributed by atoms with Crippen molar-refractivity contribution < 1.29 is 41.0 Å². The van der Waals surface area contributed by atoms with Gasteiger partial charge in [0.1, 0.15) is 0 Å². The number of carbonyl (C=O) groups excluding carboxylic acids is 1. The van der Waals surface area contributed by atoms with Gasteiger partial charge in [-0.15, -0.1) is 0 Å². The summed E-state index contributed by atoms with van der Waals surface area (Å²) in [6.07, 6.45) is 0. The Morgan fingerprint density at radius 2 is 1.23 bits per heavy atom. The number of hydrogen-bond acceptors (Lipinski definition) is 5. The summed E-state index contributed by atoms with van der Waals surface area (Å²) >= 11 is 3.41. The van der Waals surface area contributed by atoms with Crippen LogP contribution in [0.3, 0.4) is 0 Å². The predicted molar refractivity (Wildman–Crippen MR) is 85.3 cm³/mol. The Morgan fingerprint density at radius 3 is 1.58 bits per heavy atom. The molecule has 0 saturated heterocycles. The monoisotopic (exact) mass is 396 g/mol. The molecule has 0 amide bonds. The summed E-state index contributed by atoms with van der Waals surface area (Å²) in [5.74, 6) is -13.0. The maximum atomic E-state index is 12.9. The first kappa shape index (κ1) is 21.6. The third kappa shape index (κ3) is 5.01. The fourth-order valence-corrected chi connectivity index (χ4v) is 1.67. The molecule has 2 aromatic carbocycles. The second-order valence-corrected chi connectivity index (χ2v) is 4.70. The minimum Gasteiger partial charge on any atom is -0.493 e. The molecule has 2 rings (SSSR count). The minimum atomic E-state index is -2.32. The molecule has 0 spiro atoms. The molecule has 0 N–H and O–H groups in total. The van der Waals surface area contributed by atoms with Crippen LogP contribution in [-0.4, -0.2) is 25.9 Å². The van der Waals surface area contributed by atoms with Crippen molar-refractivity contribution in [3.63, 3.8) is 0 Å². The van der Waals surface area contributed by atoms with Gasteiger partial charge in [0.15, 0.2) is 11.5 Å². The molecule has 0 atom stereocenters. The van der Waals surface area contributed by atoms with E-state index in [4.69, 9.17) is 9.47 Å². The van der Waals surface area contributed by atoms with Crippen molar-refractivity contribution in [2.75, 3.05) is 20.0 Å². The van der Waals surface area contributed by atoms with Crippen LogP contribution >= 0.6 is 12.6 Å². The number of esters is 1. The van der Waals surface area contributed by atoms with Gasteiger partial charge >= 0.3 is 5.97 Å². The normalized spacial score (nSPS) is 9.85. The van der Waals surface area contributed by atoms with Gasteiger partial charge in [-0.2, -0.15) is 21.4 Å². The van der Waals surface area contributed by atoms with E-state index in [1.165, 1.54) is 0 Å². The number of para-hydroxylation sites is 2. The highest BCUT2D eigenvalue weighted by atomic mass is 32.1. The van der Waals surface area contributed by atoms with Crippen molar-refractivity contribution in [2.45, 2.75) is 0 Å². The molecule has 0 unspecified atom stereocenters. The smallest absolute Gasteiger partial charge is 0.321 e. The number of rotatable bonds is 4. The lowest BCUT2D eigenvalue weighted by Gasteiger charge is -2.07. The van der Waals surface area contributed by atoms with Crippen LogP contribution < -0.4 is 14.2 Å². The van der Waals surface area contributed by atoms with Crippen molar-refractivity contribution >= 4 is 18.6 Å². The molecule has 10 heteroatoms. The minimum absolute atomic E-state index is 0.570. The summed E-state index contributed by atoms with van der Waals surface area (Å²) in [4.78, 5) is 10.6. The summed E-state index contributed by atoms with van der Waals surface area (Å²) in [5.41, 5.74) is 0. The zero-order valence-corrected chi connectivity index (χ0v) is 14.4. The van der Waals surface area contributed by atoms with Crippen LogP contribution in [0.5, 0.6) is 17.2 Å². The molecule has 0 aromatic heterocycles. The van der Waals surface area contributed by atoms with Gasteiger partial charge in [-0.25, -0.2) is 13.2 Å². The van der Waals surface area contributed by atoms with Crippen molar-refractivity contribution in [1.82, 2.24) is 0 Å². The number of benzene rings is 2. The van der Waals surface area contributed by atoms with Crippen LogP contribution in [0.15, 0.2) is 24.3 Å². The van der Waals surface area contributed by atoms with Crippen molar-refractivity contribution in [3.05, 3.63) is 53.4 Å². The van der Waals surface area contributed by atoms with Gasteiger partial charge in [0.2, 0.25) is 34.8 Å². The van der Waals surface area contributed by atoms with Gasteiger partial charge in [-0.3, -0.25) is 4.79 Å². The maximum Gasteiger partial charge on any atom is 0.321 e. The molecule has 0 radical (unpaired) electrons. The Balaban J connectivity index is 0.000000289. The van der Waals surface area contributed by atoms with E-state index in [-0.39, 0.29) is 0 Å². The van der Waals surface area contributed by atoms with E-state index in [2.05, 4.69) is 17.4 Å². The Labute approximate surface area is 150 Å². The van der Waals surface area contributed by atoms with Gasteiger partial charge in [-0.1, -0.05) is 12.1 Å². The highest BCUT2D eigenvalue weighted by Gasteiger charge is 2.28. The predicted octanol–water partition coefficient (Wildman–Crippen LogP) is 3.92. The zero-order chi connectivity index (χ0) is 19.9. The van der Waals surface area contributed by atoms with E-state index >= 15 is 0 Å². The lowest BCUT2D eigenvalue weighted by Crippen LogP contribution is -2.14. The van der Waals surface area contributed by atoms with Crippen LogP contribution in [-0.2, 0) is 4.79 Å². The van der Waals surface area contributed by atoms with Crippen molar-refractivity contribution in [3.8, 4) is 17.2 Å². The van der Waals surface area contributed by atoms with Crippen molar-refractivity contribution in [1.29, 1.82) is 0 Å². The molecule has 0 saturated carbocycles. The van der Waals surface area contributed by atoms with E-state index in [1.54, 1.807) is 14.2 Å². The number of halogens is 5. The van der Waals surface area contributed by atoms with Gasteiger partial charge in [0.05, 0.1) is 20.0 Å². The Bertz CT molecular complexity index is 733. The first-order valence-corrected chi connectivity index (χ1v) is 7.41. The molecule has 0 bridgehead atoms. The molecule has 0 aliphatic heterocycles. The van der Waals surface area contributed by atoms with Gasteiger partial charge in [0, 0.05) is 0 Å². The largest absolute Gasteiger partial charge is 0.493 e. The molecule has 2 aromatic rings. The Morgan fingerprint density at radius 1 is 0.846 bits per heavy atom. The average Bonchev–Trinajstić information content (AvgIpc) is 2.68. The van der Waals surface area contributed by atoms with Crippen LogP contribution in [0.25, 0.3) is 0 Å². The third-order valence-corrected chi connectivity index (χ3v) is 3.06. The highest BCUT2D eigenvalue weighted by Crippen LogP contribution is 2.29. The molecule has 0 fully saturated rings. The van der Waals surface area contributed by atoms with Gasteiger partial charge in [-0.05, 0) is 12.1 Å². The molecular formula is C16H13F5O4S. The first-order chi connectivity index (χ1) is 12.3. The topological polar surface area (TPSA) is 44.8 Å². The molecule has 4 nitrogen and oxygen atoms in total. The van der Waals surface area contributed by atoms with E-state index < -0.39 is 46.6 Å². The van der Waals surface area contributed by atoms with Crippen molar-refractivity contribution in [2.24, 2.45) is 0 Å². The number of hydrogen-bond donors (Lipinski definition) is 1. The average molecular weight is 396 g/mol. The quantitative estimate of drug-likeness (QED) is 0.213. The number of thiol groups is 1. The SMILES string of the molecule is COc1ccccc1OC.O=C(CS)Oc1c(F)c(F)c(F)c(F)c1F. The molecule has 0 aliphatic carbocycles. The lowest BCUT2D eigenvalue weighted by atomic mass is 10.2. The first-order valence-electron chi connectivity index (χ1n) is 6.78. The Kier molecular flexibility index (Phi) is 8.17. The van der Waals surface area contributed by atoms with Gasteiger partial charge in [0.25, 0.3) is 0 Å².